The fourth-order valence-corrected chi connectivity index (χ4v) is 1.69. The summed E-state index contributed by atoms with van der Waals surface area (Å²) in [6.07, 6.45) is -4.47. The SMILES string of the molecule is Nc1ccc(F)cc1C(=O)c1ccc(C(F)(F)F)cc1. The van der Waals surface area contributed by atoms with Crippen LogP contribution in [-0.2, 0) is 6.18 Å². The van der Waals surface area contributed by atoms with Crippen LogP contribution < -0.4 is 5.73 Å². The van der Waals surface area contributed by atoms with Crippen LogP contribution in [0.25, 0.3) is 0 Å². The fourth-order valence-electron chi connectivity index (χ4n) is 1.69. The molecular weight excluding hydrogens is 274 g/mol. The van der Waals surface area contributed by atoms with E-state index in [0.717, 1.165) is 36.4 Å². The van der Waals surface area contributed by atoms with Crippen LogP contribution in [0, 0.1) is 5.82 Å². The van der Waals surface area contributed by atoms with Gasteiger partial charge in [-0.3, -0.25) is 4.79 Å². The van der Waals surface area contributed by atoms with Crippen molar-refractivity contribution >= 4 is 11.5 Å². The molecule has 0 saturated heterocycles. The average Bonchev–Trinajstić information content (AvgIpc) is 2.40. The van der Waals surface area contributed by atoms with Crippen molar-refractivity contribution in [1.29, 1.82) is 0 Å². The molecule has 0 amide bonds. The molecule has 0 unspecified atom stereocenters. The summed E-state index contributed by atoms with van der Waals surface area (Å²) in [7, 11) is 0. The van der Waals surface area contributed by atoms with Crippen molar-refractivity contribution in [2.45, 2.75) is 6.18 Å². The predicted molar refractivity (Wildman–Crippen MR) is 65.7 cm³/mol. The maximum Gasteiger partial charge on any atom is 0.416 e. The van der Waals surface area contributed by atoms with Crippen LogP contribution in [0.15, 0.2) is 42.5 Å². The topological polar surface area (TPSA) is 43.1 Å². The van der Waals surface area contributed by atoms with Gasteiger partial charge < -0.3 is 5.73 Å². The highest BCUT2D eigenvalue weighted by molar-refractivity contribution is 6.12. The van der Waals surface area contributed by atoms with Crippen molar-refractivity contribution in [3.05, 3.63) is 65.0 Å². The third-order valence-corrected chi connectivity index (χ3v) is 2.73. The maximum absolute atomic E-state index is 13.1. The van der Waals surface area contributed by atoms with Crippen molar-refractivity contribution in [2.24, 2.45) is 0 Å². The third kappa shape index (κ3) is 2.79. The lowest BCUT2D eigenvalue weighted by molar-refractivity contribution is -0.137. The molecule has 104 valence electrons. The largest absolute Gasteiger partial charge is 0.416 e. The summed E-state index contributed by atoms with van der Waals surface area (Å²) in [6, 6.07) is 6.94. The minimum absolute atomic E-state index is 0.00954. The summed E-state index contributed by atoms with van der Waals surface area (Å²) in [5.74, 6) is -1.27. The summed E-state index contributed by atoms with van der Waals surface area (Å²) < 4.78 is 50.3. The van der Waals surface area contributed by atoms with Crippen LogP contribution in [-0.4, -0.2) is 5.78 Å². The van der Waals surface area contributed by atoms with E-state index in [1.54, 1.807) is 0 Å². The Hall–Kier alpha value is -2.37. The van der Waals surface area contributed by atoms with E-state index in [0.29, 0.717) is 0 Å². The second-order valence-corrected chi connectivity index (χ2v) is 4.14. The molecule has 2 rings (SSSR count). The number of rotatable bonds is 2. The van der Waals surface area contributed by atoms with Gasteiger partial charge in [-0.1, -0.05) is 12.1 Å². The van der Waals surface area contributed by atoms with Crippen molar-refractivity contribution in [3.8, 4) is 0 Å². The van der Waals surface area contributed by atoms with E-state index >= 15 is 0 Å². The smallest absolute Gasteiger partial charge is 0.398 e. The van der Waals surface area contributed by atoms with Crippen LogP contribution in [0.3, 0.4) is 0 Å². The zero-order valence-electron chi connectivity index (χ0n) is 10.0. The molecule has 0 aliphatic carbocycles. The number of ketones is 1. The van der Waals surface area contributed by atoms with Gasteiger partial charge in [0.15, 0.2) is 5.78 Å². The van der Waals surface area contributed by atoms with E-state index in [2.05, 4.69) is 0 Å². The summed E-state index contributed by atoms with van der Waals surface area (Å²) in [5.41, 5.74) is 4.70. The van der Waals surface area contributed by atoms with Gasteiger partial charge in [0.05, 0.1) is 5.56 Å². The molecule has 0 aromatic heterocycles. The number of hydrogen-bond donors (Lipinski definition) is 1. The number of carbonyl (C=O) groups is 1. The molecule has 2 aromatic carbocycles. The van der Waals surface area contributed by atoms with Crippen molar-refractivity contribution in [1.82, 2.24) is 0 Å². The lowest BCUT2D eigenvalue weighted by Crippen LogP contribution is -2.08. The number of alkyl halides is 3. The first kappa shape index (κ1) is 14.0. The molecule has 20 heavy (non-hydrogen) atoms. The first-order chi connectivity index (χ1) is 9.29. The van der Waals surface area contributed by atoms with Crippen molar-refractivity contribution in [3.63, 3.8) is 0 Å². The van der Waals surface area contributed by atoms with Gasteiger partial charge in [-0.2, -0.15) is 13.2 Å². The zero-order chi connectivity index (χ0) is 14.9. The Labute approximate surface area is 111 Å². The van der Waals surface area contributed by atoms with Gasteiger partial charge in [0.2, 0.25) is 0 Å². The Bertz CT molecular complexity index is 647. The normalized spacial score (nSPS) is 11.4. The standard InChI is InChI=1S/C14H9F4NO/c15-10-5-6-12(19)11(7-10)13(20)8-1-3-9(4-2-8)14(16,17)18/h1-7H,19H2. The molecular formula is C14H9F4NO. The zero-order valence-corrected chi connectivity index (χ0v) is 10.0. The molecule has 2 aromatic rings. The summed E-state index contributed by atoms with van der Waals surface area (Å²) in [6.45, 7) is 0. The molecule has 0 aliphatic rings. The second kappa shape index (κ2) is 4.96. The number of benzene rings is 2. The molecule has 2 nitrogen and oxygen atoms in total. The second-order valence-electron chi connectivity index (χ2n) is 4.14. The summed E-state index contributed by atoms with van der Waals surface area (Å²) >= 11 is 0. The maximum atomic E-state index is 13.1. The van der Waals surface area contributed by atoms with E-state index in [1.165, 1.54) is 6.07 Å². The molecule has 0 saturated carbocycles. The first-order valence-corrected chi connectivity index (χ1v) is 5.56. The molecule has 0 atom stereocenters. The highest BCUT2D eigenvalue weighted by atomic mass is 19.4. The fraction of sp³-hybridized carbons (Fsp3) is 0.0714. The summed E-state index contributed by atoms with van der Waals surface area (Å²) in [5, 5.41) is 0. The summed E-state index contributed by atoms with van der Waals surface area (Å²) in [4.78, 5) is 12.1. The Morgan fingerprint density at radius 3 is 2.15 bits per heavy atom. The Kier molecular flexibility index (Phi) is 3.48. The van der Waals surface area contributed by atoms with Crippen molar-refractivity contribution in [2.75, 3.05) is 5.73 Å². The quantitative estimate of drug-likeness (QED) is 0.519. The van der Waals surface area contributed by atoms with Gasteiger partial charge in [-0.15, -0.1) is 0 Å². The number of hydrogen-bond acceptors (Lipinski definition) is 2. The van der Waals surface area contributed by atoms with Crippen LogP contribution in [0.2, 0.25) is 0 Å². The molecule has 2 N–H and O–H groups in total. The van der Waals surface area contributed by atoms with Gasteiger partial charge in [-0.05, 0) is 30.3 Å². The van der Waals surface area contributed by atoms with Crippen LogP contribution in [0.4, 0.5) is 23.2 Å². The molecule has 0 fully saturated rings. The number of nitrogens with two attached hydrogens (primary N) is 1. The Morgan fingerprint density at radius 1 is 1.00 bits per heavy atom. The van der Waals surface area contributed by atoms with E-state index in [-0.39, 0.29) is 16.8 Å². The van der Waals surface area contributed by atoms with Gasteiger partial charge in [-0.25, -0.2) is 4.39 Å². The first-order valence-electron chi connectivity index (χ1n) is 5.56. The Balaban J connectivity index is 2.37. The van der Waals surface area contributed by atoms with E-state index in [1.807, 2.05) is 0 Å². The predicted octanol–water partition coefficient (Wildman–Crippen LogP) is 3.66. The molecule has 0 bridgehead atoms. The number of anilines is 1. The molecule has 6 heteroatoms. The van der Waals surface area contributed by atoms with Gasteiger partial charge in [0, 0.05) is 16.8 Å². The average molecular weight is 283 g/mol. The lowest BCUT2D eigenvalue weighted by atomic mass is 10.0. The van der Waals surface area contributed by atoms with Crippen LogP contribution >= 0.6 is 0 Å². The number of halogens is 4. The molecule has 0 spiro atoms. The Morgan fingerprint density at radius 2 is 1.60 bits per heavy atom. The molecule has 0 radical (unpaired) electrons. The molecule has 0 heterocycles. The minimum atomic E-state index is -4.47. The highest BCUT2D eigenvalue weighted by Crippen LogP contribution is 2.29. The monoisotopic (exact) mass is 283 g/mol. The van der Waals surface area contributed by atoms with Gasteiger partial charge in [0.25, 0.3) is 0 Å². The minimum Gasteiger partial charge on any atom is -0.398 e. The van der Waals surface area contributed by atoms with Gasteiger partial charge >= 0.3 is 6.18 Å². The highest BCUT2D eigenvalue weighted by Gasteiger charge is 2.30. The molecule has 0 aliphatic heterocycles. The lowest BCUT2D eigenvalue weighted by Gasteiger charge is -2.08. The third-order valence-electron chi connectivity index (χ3n) is 2.73. The van der Waals surface area contributed by atoms with Crippen molar-refractivity contribution < 1.29 is 22.4 Å². The van der Waals surface area contributed by atoms with E-state index in [4.69, 9.17) is 5.73 Å². The van der Waals surface area contributed by atoms with Crippen LogP contribution in [0.1, 0.15) is 21.5 Å². The number of nitrogen functional groups attached to an aromatic ring is 1. The number of carbonyl (C=O) groups excluding carboxylic acids is 1. The van der Waals surface area contributed by atoms with E-state index < -0.39 is 23.3 Å². The van der Waals surface area contributed by atoms with Gasteiger partial charge in [0.1, 0.15) is 5.82 Å². The van der Waals surface area contributed by atoms with E-state index in [9.17, 15) is 22.4 Å². The van der Waals surface area contributed by atoms with Crippen LogP contribution in [0.5, 0.6) is 0 Å².